The molecule has 1 aromatic rings. The molecule has 0 radical (unpaired) electrons. The molecule has 3 rings (SSSR count). The Balaban J connectivity index is 2.15. The van der Waals surface area contributed by atoms with E-state index in [1.165, 1.54) is 16.3 Å². The van der Waals surface area contributed by atoms with Crippen LogP contribution in [0.2, 0.25) is 0 Å². The van der Waals surface area contributed by atoms with Crippen LogP contribution in [-0.2, 0) is 17.6 Å². The molecule has 1 unspecified atom stereocenters. The van der Waals surface area contributed by atoms with Crippen molar-refractivity contribution in [3.05, 3.63) is 57.3 Å². The van der Waals surface area contributed by atoms with Crippen molar-refractivity contribution in [1.82, 2.24) is 15.2 Å². The van der Waals surface area contributed by atoms with Gasteiger partial charge in [-0.25, -0.2) is 4.98 Å². The van der Waals surface area contributed by atoms with Crippen LogP contribution in [-0.4, -0.2) is 48.4 Å². The molecule has 2 aliphatic rings. The summed E-state index contributed by atoms with van der Waals surface area (Å²) in [5, 5.41) is 6.01. The first-order chi connectivity index (χ1) is 15.4. The molecule has 4 heteroatoms. The van der Waals surface area contributed by atoms with E-state index in [-0.39, 0.29) is 6.04 Å². The SMILES string of the molecule is C=CC1=C(/C=C(\C)c2nc3c(c(CCNC(C)C)c2CC)=CCCC=3)C(C=O)N(C)CC1. The molecule has 1 aliphatic carbocycles. The van der Waals surface area contributed by atoms with Gasteiger partial charge in [0.05, 0.1) is 17.1 Å². The van der Waals surface area contributed by atoms with Gasteiger partial charge >= 0.3 is 0 Å². The summed E-state index contributed by atoms with van der Waals surface area (Å²) in [6, 6.07) is 0.242. The minimum atomic E-state index is -0.232. The van der Waals surface area contributed by atoms with Gasteiger partial charge in [-0.05, 0) is 85.7 Å². The smallest absolute Gasteiger partial charge is 0.141 e. The van der Waals surface area contributed by atoms with Crippen molar-refractivity contribution in [3.8, 4) is 0 Å². The molecule has 0 bridgehead atoms. The molecular weight excluding hydrogens is 394 g/mol. The van der Waals surface area contributed by atoms with Crippen molar-refractivity contribution in [2.24, 2.45) is 0 Å². The molecule has 1 aliphatic heterocycles. The van der Waals surface area contributed by atoms with E-state index in [9.17, 15) is 4.79 Å². The average Bonchev–Trinajstić information content (AvgIpc) is 2.78. The third-order valence-electron chi connectivity index (χ3n) is 6.64. The van der Waals surface area contributed by atoms with E-state index in [4.69, 9.17) is 4.98 Å². The van der Waals surface area contributed by atoms with Crippen molar-refractivity contribution < 1.29 is 4.79 Å². The number of carbonyl (C=O) groups is 1. The Kier molecular flexibility index (Phi) is 8.38. The summed E-state index contributed by atoms with van der Waals surface area (Å²) in [7, 11) is 2.02. The number of nitrogens with zero attached hydrogens (tertiary/aromatic N) is 2. The van der Waals surface area contributed by atoms with Gasteiger partial charge in [-0.2, -0.15) is 0 Å². The van der Waals surface area contributed by atoms with E-state index < -0.39 is 0 Å². The average molecular weight is 434 g/mol. The van der Waals surface area contributed by atoms with Crippen LogP contribution in [0.3, 0.4) is 0 Å². The summed E-state index contributed by atoms with van der Waals surface area (Å²) in [5.41, 5.74) is 7.18. The number of likely N-dealkylation sites (N-methyl/N-ethyl adjacent to an activating group) is 1. The predicted molar refractivity (Wildman–Crippen MR) is 136 cm³/mol. The molecule has 2 heterocycles. The lowest BCUT2D eigenvalue weighted by Crippen LogP contribution is -2.39. The Bertz CT molecular complexity index is 1050. The van der Waals surface area contributed by atoms with Crippen LogP contribution in [0.5, 0.6) is 0 Å². The molecule has 4 nitrogen and oxygen atoms in total. The fourth-order valence-corrected chi connectivity index (χ4v) is 4.90. The summed E-state index contributed by atoms with van der Waals surface area (Å²) in [6.07, 6.45) is 14.8. The largest absolute Gasteiger partial charge is 0.314 e. The van der Waals surface area contributed by atoms with Gasteiger partial charge in [-0.1, -0.05) is 51.7 Å². The zero-order valence-corrected chi connectivity index (χ0v) is 20.5. The second-order valence-electron chi connectivity index (χ2n) is 9.24. The highest BCUT2D eigenvalue weighted by molar-refractivity contribution is 5.74. The zero-order chi connectivity index (χ0) is 23.3. The second kappa shape index (κ2) is 11.0. The number of allylic oxidation sites excluding steroid dienone is 2. The molecular formula is C28H39N3O. The van der Waals surface area contributed by atoms with Gasteiger partial charge in [0.1, 0.15) is 6.29 Å². The molecule has 0 aromatic carbocycles. The summed E-state index contributed by atoms with van der Waals surface area (Å²) >= 11 is 0. The molecule has 0 fully saturated rings. The van der Waals surface area contributed by atoms with Crippen LogP contribution >= 0.6 is 0 Å². The summed E-state index contributed by atoms with van der Waals surface area (Å²) in [4.78, 5) is 19.2. The van der Waals surface area contributed by atoms with Crippen LogP contribution in [0.15, 0.2) is 29.9 Å². The minimum absolute atomic E-state index is 0.232. The third kappa shape index (κ3) is 5.19. The molecule has 1 aromatic heterocycles. The molecule has 172 valence electrons. The molecule has 0 saturated heterocycles. The Labute approximate surface area is 193 Å². The van der Waals surface area contributed by atoms with Gasteiger partial charge < -0.3 is 10.1 Å². The lowest BCUT2D eigenvalue weighted by Gasteiger charge is -2.31. The number of aldehydes is 1. The predicted octanol–water partition coefficient (Wildman–Crippen LogP) is 3.33. The number of hydrogen-bond acceptors (Lipinski definition) is 4. The Hall–Kier alpha value is -2.30. The van der Waals surface area contributed by atoms with Crippen LogP contribution in [0, 0.1) is 0 Å². The lowest BCUT2D eigenvalue weighted by atomic mass is 9.89. The van der Waals surface area contributed by atoms with E-state index in [0.29, 0.717) is 6.04 Å². The number of aromatic nitrogens is 1. The lowest BCUT2D eigenvalue weighted by molar-refractivity contribution is -0.111. The summed E-state index contributed by atoms with van der Waals surface area (Å²) in [6.45, 7) is 14.6. The van der Waals surface area contributed by atoms with E-state index in [0.717, 1.165) is 79.2 Å². The monoisotopic (exact) mass is 433 g/mol. The highest BCUT2D eigenvalue weighted by Crippen LogP contribution is 2.28. The second-order valence-corrected chi connectivity index (χ2v) is 9.24. The Morgan fingerprint density at radius 2 is 2.06 bits per heavy atom. The maximum atomic E-state index is 11.9. The van der Waals surface area contributed by atoms with Crippen molar-refractivity contribution in [1.29, 1.82) is 0 Å². The quantitative estimate of drug-likeness (QED) is 0.607. The van der Waals surface area contributed by atoms with Crippen molar-refractivity contribution >= 4 is 24.0 Å². The Morgan fingerprint density at radius 1 is 1.31 bits per heavy atom. The molecule has 0 saturated carbocycles. The van der Waals surface area contributed by atoms with Gasteiger partial charge in [0.15, 0.2) is 0 Å². The fraction of sp³-hybridized carbons (Fsp3) is 0.500. The van der Waals surface area contributed by atoms with Crippen molar-refractivity contribution in [2.75, 3.05) is 20.1 Å². The highest BCUT2D eigenvalue weighted by Gasteiger charge is 2.25. The Morgan fingerprint density at radius 3 is 2.72 bits per heavy atom. The van der Waals surface area contributed by atoms with Gasteiger partial charge in [0.2, 0.25) is 0 Å². The molecule has 0 spiro atoms. The first kappa shape index (κ1) is 24.3. The summed E-state index contributed by atoms with van der Waals surface area (Å²) < 4.78 is 0. The van der Waals surface area contributed by atoms with Gasteiger partial charge in [-0.15, -0.1) is 0 Å². The molecule has 1 atom stereocenters. The van der Waals surface area contributed by atoms with Crippen molar-refractivity contribution in [2.45, 2.75) is 71.9 Å². The normalized spacial score (nSPS) is 19.4. The number of pyridine rings is 1. The zero-order valence-electron chi connectivity index (χ0n) is 20.5. The van der Waals surface area contributed by atoms with Crippen LogP contribution in [0.1, 0.15) is 63.8 Å². The van der Waals surface area contributed by atoms with Gasteiger partial charge in [0, 0.05) is 12.6 Å². The van der Waals surface area contributed by atoms with Gasteiger partial charge in [0.25, 0.3) is 0 Å². The van der Waals surface area contributed by atoms with Crippen LogP contribution in [0.25, 0.3) is 17.7 Å². The molecule has 1 N–H and O–H groups in total. The first-order valence-corrected chi connectivity index (χ1v) is 12.1. The first-order valence-electron chi connectivity index (χ1n) is 12.1. The maximum absolute atomic E-state index is 11.9. The van der Waals surface area contributed by atoms with E-state index in [1.54, 1.807) is 0 Å². The van der Waals surface area contributed by atoms with Crippen molar-refractivity contribution in [3.63, 3.8) is 0 Å². The number of rotatable bonds is 9. The topological polar surface area (TPSA) is 45.2 Å². The number of carbonyl (C=O) groups excluding carboxylic acids is 1. The number of hydrogen-bond donors (Lipinski definition) is 1. The van der Waals surface area contributed by atoms with E-state index >= 15 is 0 Å². The third-order valence-corrected chi connectivity index (χ3v) is 6.64. The molecule has 32 heavy (non-hydrogen) atoms. The highest BCUT2D eigenvalue weighted by atomic mass is 16.1. The van der Waals surface area contributed by atoms with Crippen LogP contribution < -0.4 is 15.9 Å². The summed E-state index contributed by atoms with van der Waals surface area (Å²) in [5.74, 6) is 0. The van der Waals surface area contributed by atoms with E-state index in [1.807, 2.05) is 13.1 Å². The van der Waals surface area contributed by atoms with E-state index in [2.05, 4.69) is 62.7 Å². The van der Waals surface area contributed by atoms with Gasteiger partial charge in [-0.3, -0.25) is 4.90 Å². The van der Waals surface area contributed by atoms with Crippen LogP contribution in [0.4, 0.5) is 0 Å². The fourth-order valence-electron chi connectivity index (χ4n) is 4.90. The number of fused-ring (bicyclic) bond motifs is 1. The minimum Gasteiger partial charge on any atom is -0.314 e. The number of nitrogens with one attached hydrogen (secondary N) is 1. The molecule has 0 amide bonds. The maximum Gasteiger partial charge on any atom is 0.141 e. The standard InChI is InChI=1S/C28H39N3O/c1-7-21-14-16-31(6)27(18-32)25(21)17-20(5)28-22(8-2)23(13-15-29-19(3)4)24-11-9-10-12-26(24)30-28/h7,11-12,17-19,27,29H,1,8-10,13-16H2,2-6H3/b20-17+.